The first-order valence-electron chi connectivity index (χ1n) is 8.35. The van der Waals surface area contributed by atoms with Crippen molar-refractivity contribution in [2.45, 2.75) is 68.3 Å². The number of carbonyl (C=O) groups is 1. The number of aliphatic hydroxyl groups is 1. The SMILES string of the molecule is O=C(O)CCCC=CC[C@@H]1[C@H](CCCCO)[C@@H]2CC[C@H]1S2. The lowest BCUT2D eigenvalue weighted by atomic mass is 9.75. The Morgan fingerprint density at radius 3 is 2.57 bits per heavy atom. The predicted octanol–water partition coefficient (Wildman–Crippen LogP) is 3.86. The topological polar surface area (TPSA) is 57.5 Å². The van der Waals surface area contributed by atoms with E-state index < -0.39 is 5.97 Å². The maximum absolute atomic E-state index is 10.5. The number of aliphatic carboxylic acids is 1. The Morgan fingerprint density at radius 2 is 1.86 bits per heavy atom. The third-order valence-electron chi connectivity index (χ3n) is 4.87. The Hall–Kier alpha value is -0.480. The van der Waals surface area contributed by atoms with Crippen molar-refractivity contribution in [3.63, 3.8) is 0 Å². The van der Waals surface area contributed by atoms with Crippen LogP contribution in [0.5, 0.6) is 0 Å². The lowest BCUT2D eigenvalue weighted by Gasteiger charge is -2.29. The van der Waals surface area contributed by atoms with Gasteiger partial charge in [-0.3, -0.25) is 4.79 Å². The lowest BCUT2D eigenvalue weighted by Crippen LogP contribution is -2.26. The maximum Gasteiger partial charge on any atom is 0.303 e. The Kier molecular flexibility index (Phi) is 7.11. The minimum Gasteiger partial charge on any atom is -0.481 e. The third-order valence-corrected chi connectivity index (χ3v) is 6.74. The number of hydrogen-bond donors (Lipinski definition) is 2. The number of thioether (sulfide) groups is 1. The number of allylic oxidation sites excluding steroid dienone is 2. The van der Waals surface area contributed by atoms with E-state index >= 15 is 0 Å². The molecule has 0 amide bonds. The van der Waals surface area contributed by atoms with Gasteiger partial charge >= 0.3 is 5.97 Å². The van der Waals surface area contributed by atoms with Gasteiger partial charge in [0.15, 0.2) is 0 Å². The molecule has 2 aliphatic heterocycles. The van der Waals surface area contributed by atoms with E-state index in [1.807, 2.05) is 0 Å². The fraction of sp³-hybridized carbons (Fsp3) is 0.824. The van der Waals surface area contributed by atoms with E-state index in [0.717, 1.165) is 54.4 Å². The number of unbranched alkanes of at least 4 members (excludes halogenated alkanes) is 2. The zero-order valence-corrected chi connectivity index (χ0v) is 13.6. The fourth-order valence-corrected chi connectivity index (χ4v) is 5.88. The summed E-state index contributed by atoms with van der Waals surface area (Å²) < 4.78 is 0. The van der Waals surface area contributed by atoms with Gasteiger partial charge in [-0.15, -0.1) is 0 Å². The van der Waals surface area contributed by atoms with Gasteiger partial charge in [0.25, 0.3) is 0 Å². The van der Waals surface area contributed by atoms with Gasteiger partial charge in [0.1, 0.15) is 0 Å². The Labute approximate surface area is 132 Å². The predicted molar refractivity (Wildman–Crippen MR) is 87.6 cm³/mol. The van der Waals surface area contributed by atoms with Gasteiger partial charge in [0.05, 0.1) is 0 Å². The molecule has 2 N–H and O–H groups in total. The van der Waals surface area contributed by atoms with E-state index in [1.165, 1.54) is 19.3 Å². The average molecular weight is 312 g/mol. The molecule has 2 fully saturated rings. The molecule has 0 unspecified atom stereocenters. The van der Waals surface area contributed by atoms with Crippen molar-refractivity contribution in [3.05, 3.63) is 12.2 Å². The van der Waals surface area contributed by atoms with Gasteiger partial charge in [-0.1, -0.05) is 18.6 Å². The maximum atomic E-state index is 10.5. The summed E-state index contributed by atoms with van der Waals surface area (Å²) in [7, 11) is 0. The Bertz CT molecular complexity index is 356. The van der Waals surface area contributed by atoms with E-state index in [9.17, 15) is 4.79 Å². The summed E-state index contributed by atoms with van der Waals surface area (Å²) in [5.41, 5.74) is 0. The number of hydrogen-bond acceptors (Lipinski definition) is 3. The molecule has 2 heterocycles. The molecule has 2 saturated heterocycles. The first-order chi connectivity index (χ1) is 10.2. The van der Waals surface area contributed by atoms with Crippen LogP contribution in [0.25, 0.3) is 0 Å². The van der Waals surface area contributed by atoms with E-state index in [-0.39, 0.29) is 6.42 Å². The van der Waals surface area contributed by atoms with Gasteiger partial charge in [-0.2, -0.15) is 11.8 Å². The van der Waals surface area contributed by atoms with Crippen molar-refractivity contribution >= 4 is 17.7 Å². The van der Waals surface area contributed by atoms with Crippen LogP contribution in [0.15, 0.2) is 12.2 Å². The van der Waals surface area contributed by atoms with E-state index in [2.05, 4.69) is 23.9 Å². The highest BCUT2D eigenvalue weighted by atomic mass is 32.2. The summed E-state index contributed by atoms with van der Waals surface area (Å²) in [5, 5.41) is 19.3. The zero-order valence-electron chi connectivity index (χ0n) is 12.7. The second kappa shape index (κ2) is 8.84. The van der Waals surface area contributed by atoms with Gasteiger partial charge < -0.3 is 10.2 Å². The molecule has 2 bridgehead atoms. The van der Waals surface area contributed by atoms with Crippen LogP contribution in [-0.4, -0.2) is 33.3 Å². The summed E-state index contributed by atoms with van der Waals surface area (Å²) in [6.07, 6.45) is 13.7. The number of carboxylic acids is 1. The highest BCUT2D eigenvalue weighted by Gasteiger charge is 2.46. The average Bonchev–Trinajstić information content (AvgIpc) is 3.04. The number of carboxylic acid groups (broad SMARTS) is 1. The van der Waals surface area contributed by atoms with E-state index in [4.69, 9.17) is 10.2 Å². The van der Waals surface area contributed by atoms with Crippen molar-refractivity contribution < 1.29 is 15.0 Å². The molecule has 4 heteroatoms. The molecule has 0 spiro atoms. The summed E-state index contributed by atoms with van der Waals surface area (Å²) >= 11 is 2.20. The largest absolute Gasteiger partial charge is 0.481 e. The number of aliphatic hydroxyl groups excluding tert-OH is 1. The molecule has 2 rings (SSSR count). The molecular weight excluding hydrogens is 284 g/mol. The highest BCUT2D eigenvalue weighted by Crippen LogP contribution is 2.55. The molecule has 21 heavy (non-hydrogen) atoms. The Morgan fingerprint density at radius 1 is 1.10 bits per heavy atom. The standard InChI is InChI=1S/C17H28O3S/c18-12-6-5-8-14-13(15-10-11-16(14)21-15)7-3-1-2-4-9-17(19)20/h1,3,13-16,18H,2,4-12H2,(H,19,20)/t13-,14+,15-,16+/m1/s1. The van der Waals surface area contributed by atoms with Crippen LogP contribution in [0.1, 0.15) is 57.8 Å². The molecule has 120 valence electrons. The van der Waals surface area contributed by atoms with E-state index in [0.29, 0.717) is 6.61 Å². The molecule has 3 nitrogen and oxygen atoms in total. The monoisotopic (exact) mass is 312 g/mol. The minimum absolute atomic E-state index is 0.276. The van der Waals surface area contributed by atoms with Crippen LogP contribution in [-0.2, 0) is 4.79 Å². The molecular formula is C17H28O3S. The summed E-state index contributed by atoms with van der Waals surface area (Å²) in [4.78, 5) is 10.5. The molecule has 0 aliphatic carbocycles. The van der Waals surface area contributed by atoms with Gasteiger partial charge in [0, 0.05) is 23.5 Å². The van der Waals surface area contributed by atoms with Crippen LogP contribution in [0.2, 0.25) is 0 Å². The number of rotatable bonds is 10. The lowest BCUT2D eigenvalue weighted by molar-refractivity contribution is -0.137. The molecule has 0 aromatic heterocycles. The molecule has 0 aromatic carbocycles. The van der Waals surface area contributed by atoms with Gasteiger partial charge in [-0.05, 0) is 56.8 Å². The van der Waals surface area contributed by atoms with Crippen molar-refractivity contribution in [3.8, 4) is 0 Å². The first kappa shape index (κ1) is 16.9. The second-order valence-electron chi connectivity index (χ2n) is 6.33. The van der Waals surface area contributed by atoms with Crippen LogP contribution in [0, 0.1) is 11.8 Å². The molecule has 0 aromatic rings. The third kappa shape index (κ3) is 5.03. The molecule has 2 aliphatic rings. The van der Waals surface area contributed by atoms with Crippen LogP contribution in [0.3, 0.4) is 0 Å². The fourth-order valence-electron chi connectivity index (χ4n) is 3.83. The van der Waals surface area contributed by atoms with Gasteiger partial charge in [-0.25, -0.2) is 0 Å². The molecule has 0 saturated carbocycles. The van der Waals surface area contributed by atoms with Crippen molar-refractivity contribution in [2.24, 2.45) is 11.8 Å². The molecule has 4 atom stereocenters. The summed E-state index contributed by atoms with van der Waals surface area (Å²) in [6, 6.07) is 0. The van der Waals surface area contributed by atoms with E-state index in [1.54, 1.807) is 0 Å². The van der Waals surface area contributed by atoms with Gasteiger partial charge in [0.2, 0.25) is 0 Å². The second-order valence-corrected chi connectivity index (χ2v) is 7.81. The smallest absolute Gasteiger partial charge is 0.303 e. The zero-order chi connectivity index (χ0) is 15.1. The number of fused-ring (bicyclic) bond motifs is 2. The van der Waals surface area contributed by atoms with Crippen molar-refractivity contribution in [1.29, 1.82) is 0 Å². The van der Waals surface area contributed by atoms with Crippen LogP contribution in [0.4, 0.5) is 0 Å². The summed E-state index contributed by atoms with van der Waals surface area (Å²) in [6.45, 7) is 0.322. The quantitative estimate of drug-likeness (QED) is 0.475. The minimum atomic E-state index is -0.697. The van der Waals surface area contributed by atoms with Crippen molar-refractivity contribution in [2.75, 3.05) is 6.61 Å². The Balaban J connectivity index is 1.72. The normalized spacial score (nSPS) is 31.3. The van der Waals surface area contributed by atoms with Crippen LogP contribution >= 0.6 is 11.8 Å². The summed E-state index contributed by atoms with van der Waals surface area (Å²) in [5.74, 6) is 0.948. The van der Waals surface area contributed by atoms with Crippen LogP contribution < -0.4 is 0 Å². The van der Waals surface area contributed by atoms with Crippen molar-refractivity contribution in [1.82, 2.24) is 0 Å². The first-order valence-corrected chi connectivity index (χ1v) is 9.29. The molecule has 0 radical (unpaired) electrons. The highest BCUT2D eigenvalue weighted by molar-refractivity contribution is 8.01.